The van der Waals surface area contributed by atoms with E-state index >= 15 is 0 Å². The Hall–Kier alpha value is 0.460. The molecule has 0 radical (unpaired) electrons. The van der Waals surface area contributed by atoms with Crippen LogP contribution in [0.2, 0.25) is 0 Å². The standard InChI is InChI=1S/C7H18NO3PS/c1-3-10-12(9,11-4-2)7(13)5-6-8/h7,13H,3-6,8H2,1-2H3. The van der Waals surface area contributed by atoms with Crippen LogP contribution in [0.25, 0.3) is 0 Å². The molecule has 80 valence electrons. The highest BCUT2D eigenvalue weighted by atomic mass is 32.1. The Bertz CT molecular complexity index is 169. The van der Waals surface area contributed by atoms with Gasteiger partial charge in [-0.15, -0.1) is 0 Å². The summed E-state index contributed by atoms with van der Waals surface area (Å²) in [4.78, 5) is -0.419. The summed E-state index contributed by atoms with van der Waals surface area (Å²) in [6, 6.07) is 0. The second-order valence-electron chi connectivity index (χ2n) is 2.43. The van der Waals surface area contributed by atoms with Crippen LogP contribution in [0.4, 0.5) is 0 Å². The Morgan fingerprint density at radius 3 is 2.15 bits per heavy atom. The number of thiol groups is 1. The Labute approximate surface area is 85.1 Å². The Morgan fingerprint density at radius 1 is 1.38 bits per heavy atom. The lowest BCUT2D eigenvalue weighted by atomic mass is 10.5. The van der Waals surface area contributed by atoms with E-state index in [2.05, 4.69) is 12.6 Å². The number of hydrogen-bond acceptors (Lipinski definition) is 5. The molecule has 0 aromatic heterocycles. The second-order valence-corrected chi connectivity index (χ2v) is 5.68. The average Bonchev–Trinajstić information content (AvgIpc) is 2.05. The molecule has 0 fully saturated rings. The molecular weight excluding hydrogens is 209 g/mol. The van der Waals surface area contributed by atoms with Gasteiger partial charge in [0.25, 0.3) is 0 Å². The zero-order valence-corrected chi connectivity index (χ0v) is 9.89. The maximum absolute atomic E-state index is 11.9. The summed E-state index contributed by atoms with van der Waals surface area (Å²) in [6.45, 7) is 4.69. The van der Waals surface area contributed by atoms with Crippen LogP contribution in [-0.2, 0) is 13.6 Å². The Morgan fingerprint density at radius 2 is 1.85 bits per heavy atom. The smallest absolute Gasteiger partial charge is 0.330 e. The first kappa shape index (κ1) is 13.5. The van der Waals surface area contributed by atoms with Crippen LogP contribution < -0.4 is 5.73 Å². The molecule has 0 amide bonds. The fourth-order valence-corrected chi connectivity index (χ4v) is 3.03. The van der Waals surface area contributed by atoms with E-state index in [1.54, 1.807) is 13.8 Å². The second kappa shape index (κ2) is 6.85. The van der Waals surface area contributed by atoms with E-state index < -0.39 is 12.6 Å². The van der Waals surface area contributed by atoms with Crippen molar-refractivity contribution in [3.63, 3.8) is 0 Å². The number of hydrogen-bond donors (Lipinski definition) is 2. The summed E-state index contributed by atoms with van der Waals surface area (Å²) < 4.78 is 22.1. The highest BCUT2D eigenvalue weighted by Crippen LogP contribution is 2.55. The predicted molar refractivity (Wildman–Crippen MR) is 57.3 cm³/mol. The van der Waals surface area contributed by atoms with Crippen molar-refractivity contribution in [3.8, 4) is 0 Å². The van der Waals surface area contributed by atoms with Crippen LogP contribution >= 0.6 is 20.2 Å². The molecule has 0 saturated heterocycles. The molecule has 0 bridgehead atoms. The van der Waals surface area contributed by atoms with Gasteiger partial charge in [-0.3, -0.25) is 4.57 Å². The van der Waals surface area contributed by atoms with Gasteiger partial charge in [0.15, 0.2) is 0 Å². The minimum Gasteiger partial charge on any atom is -0.330 e. The van der Waals surface area contributed by atoms with Crippen molar-refractivity contribution >= 4 is 20.2 Å². The molecule has 0 rings (SSSR count). The topological polar surface area (TPSA) is 61.5 Å². The quantitative estimate of drug-likeness (QED) is 0.514. The van der Waals surface area contributed by atoms with Crippen LogP contribution in [0.15, 0.2) is 0 Å². The lowest BCUT2D eigenvalue weighted by Crippen LogP contribution is -2.12. The molecule has 0 aliphatic rings. The van der Waals surface area contributed by atoms with E-state index in [1.807, 2.05) is 0 Å². The zero-order chi connectivity index (χ0) is 10.3. The highest BCUT2D eigenvalue weighted by molar-refractivity contribution is 7.89. The molecule has 1 atom stereocenters. The molecular formula is C7H18NO3PS. The maximum atomic E-state index is 11.9. The SMILES string of the molecule is CCOP(=O)(OCC)C(S)CCN. The van der Waals surface area contributed by atoms with Crippen molar-refractivity contribution in [2.24, 2.45) is 5.73 Å². The van der Waals surface area contributed by atoms with Crippen LogP contribution in [0.5, 0.6) is 0 Å². The molecule has 6 heteroatoms. The van der Waals surface area contributed by atoms with Gasteiger partial charge in [-0.05, 0) is 26.8 Å². The maximum Gasteiger partial charge on any atom is 0.343 e. The summed E-state index contributed by atoms with van der Waals surface area (Å²) in [5.41, 5.74) is 5.34. The van der Waals surface area contributed by atoms with Crippen LogP contribution in [0.3, 0.4) is 0 Å². The van der Waals surface area contributed by atoms with Crippen LogP contribution in [-0.4, -0.2) is 24.7 Å². The van der Waals surface area contributed by atoms with Gasteiger partial charge in [-0.2, -0.15) is 12.6 Å². The van der Waals surface area contributed by atoms with Gasteiger partial charge in [-0.25, -0.2) is 0 Å². The summed E-state index contributed by atoms with van der Waals surface area (Å²) in [7, 11) is -3.04. The van der Waals surface area contributed by atoms with E-state index in [-0.39, 0.29) is 0 Å². The normalized spacial score (nSPS) is 14.5. The summed E-state index contributed by atoms with van der Waals surface area (Å²) in [6.07, 6.45) is 0.528. The van der Waals surface area contributed by atoms with Gasteiger partial charge < -0.3 is 14.8 Å². The van der Waals surface area contributed by atoms with Crippen molar-refractivity contribution in [1.29, 1.82) is 0 Å². The predicted octanol–water partition coefficient (Wildman–Crippen LogP) is 1.86. The molecule has 13 heavy (non-hydrogen) atoms. The summed E-state index contributed by atoms with van der Waals surface area (Å²) in [5.74, 6) is 0. The molecule has 4 nitrogen and oxygen atoms in total. The van der Waals surface area contributed by atoms with Crippen molar-refractivity contribution in [1.82, 2.24) is 0 Å². The van der Waals surface area contributed by atoms with Gasteiger partial charge in [0.05, 0.1) is 13.2 Å². The Balaban J connectivity index is 4.28. The van der Waals surface area contributed by atoms with E-state index in [1.165, 1.54) is 0 Å². The third-order valence-electron chi connectivity index (χ3n) is 1.41. The van der Waals surface area contributed by atoms with Gasteiger partial charge in [0.1, 0.15) is 4.99 Å². The van der Waals surface area contributed by atoms with Gasteiger partial charge >= 0.3 is 7.60 Å². The van der Waals surface area contributed by atoms with Crippen LogP contribution in [0, 0.1) is 0 Å². The molecule has 2 N–H and O–H groups in total. The van der Waals surface area contributed by atoms with Gasteiger partial charge in [0, 0.05) is 0 Å². The lowest BCUT2D eigenvalue weighted by Gasteiger charge is -2.21. The first-order valence-corrected chi connectivity index (χ1v) is 6.50. The number of nitrogens with two attached hydrogens (primary N) is 1. The molecule has 0 aliphatic heterocycles. The van der Waals surface area contributed by atoms with Gasteiger partial charge in [0.2, 0.25) is 0 Å². The van der Waals surface area contributed by atoms with Crippen LogP contribution in [0.1, 0.15) is 20.3 Å². The number of rotatable bonds is 7. The van der Waals surface area contributed by atoms with E-state index in [9.17, 15) is 4.57 Å². The molecule has 0 aliphatic carbocycles. The molecule has 0 aromatic rings. The monoisotopic (exact) mass is 227 g/mol. The minimum atomic E-state index is -3.04. The van der Waals surface area contributed by atoms with Crippen molar-refractivity contribution in [2.45, 2.75) is 25.3 Å². The molecule has 1 unspecified atom stereocenters. The zero-order valence-electron chi connectivity index (χ0n) is 8.10. The molecule has 0 heterocycles. The lowest BCUT2D eigenvalue weighted by molar-refractivity contribution is 0.217. The van der Waals surface area contributed by atoms with Crippen molar-refractivity contribution in [3.05, 3.63) is 0 Å². The third kappa shape index (κ3) is 4.47. The molecule has 0 aromatic carbocycles. The largest absolute Gasteiger partial charge is 0.343 e. The Kier molecular flexibility index (Phi) is 7.09. The first-order chi connectivity index (χ1) is 6.10. The highest BCUT2D eigenvalue weighted by Gasteiger charge is 2.31. The molecule has 0 spiro atoms. The van der Waals surface area contributed by atoms with Crippen molar-refractivity contribution < 1.29 is 13.6 Å². The van der Waals surface area contributed by atoms with Crippen molar-refractivity contribution in [2.75, 3.05) is 19.8 Å². The van der Waals surface area contributed by atoms with Gasteiger partial charge in [-0.1, -0.05) is 0 Å². The fraction of sp³-hybridized carbons (Fsp3) is 1.00. The first-order valence-electron chi connectivity index (χ1n) is 4.37. The fourth-order valence-electron chi connectivity index (χ4n) is 0.876. The summed E-state index contributed by atoms with van der Waals surface area (Å²) >= 11 is 4.17. The minimum absolute atomic E-state index is 0.360. The van der Waals surface area contributed by atoms with E-state index in [0.717, 1.165) is 0 Å². The third-order valence-corrected chi connectivity index (χ3v) is 4.74. The van der Waals surface area contributed by atoms with E-state index in [4.69, 9.17) is 14.8 Å². The molecule has 0 saturated carbocycles. The average molecular weight is 227 g/mol. The van der Waals surface area contributed by atoms with E-state index in [0.29, 0.717) is 26.2 Å². The summed E-state index contributed by atoms with van der Waals surface area (Å²) in [5, 5.41) is 0.